The van der Waals surface area contributed by atoms with E-state index < -0.39 is 5.97 Å². The van der Waals surface area contributed by atoms with Crippen molar-refractivity contribution < 1.29 is 9.90 Å². The van der Waals surface area contributed by atoms with Gasteiger partial charge in [0.1, 0.15) is 0 Å². The molecular formula is C15H17NO2. The first-order valence-electron chi connectivity index (χ1n) is 5.89. The van der Waals surface area contributed by atoms with Gasteiger partial charge in [0.25, 0.3) is 0 Å². The van der Waals surface area contributed by atoms with Crippen molar-refractivity contribution in [3.8, 4) is 11.3 Å². The molecule has 1 aromatic carbocycles. The zero-order valence-corrected chi connectivity index (χ0v) is 11.1. The van der Waals surface area contributed by atoms with Crippen molar-refractivity contribution in [1.82, 2.24) is 4.57 Å². The first-order chi connectivity index (χ1) is 8.41. The predicted octanol–water partition coefficient (Wildman–Crippen LogP) is 3.32. The van der Waals surface area contributed by atoms with Crippen LogP contribution in [-0.4, -0.2) is 15.6 Å². The van der Waals surface area contributed by atoms with Crippen LogP contribution in [0.3, 0.4) is 0 Å². The Morgan fingerprint density at radius 2 is 1.83 bits per heavy atom. The lowest BCUT2D eigenvalue weighted by Gasteiger charge is -2.09. The van der Waals surface area contributed by atoms with Crippen molar-refractivity contribution >= 4 is 5.97 Å². The molecule has 0 amide bonds. The Morgan fingerprint density at radius 1 is 1.17 bits per heavy atom. The van der Waals surface area contributed by atoms with Gasteiger partial charge in [0, 0.05) is 24.0 Å². The summed E-state index contributed by atoms with van der Waals surface area (Å²) in [5.74, 6) is -0.875. The van der Waals surface area contributed by atoms with Gasteiger partial charge in [-0.15, -0.1) is 0 Å². The second-order valence-corrected chi connectivity index (χ2v) is 4.71. The Labute approximate surface area is 107 Å². The maximum absolute atomic E-state index is 11.2. The standard InChI is InChI=1S/C15H17NO2/c1-9-5-6-10(2)12(7-9)14-8-13(15(17)18)11(3)16(14)4/h5-8H,1-4H3,(H,17,18). The van der Waals surface area contributed by atoms with Gasteiger partial charge in [-0.3, -0.25) is 0 Å². The van der Waals surface area contributed by atoms with E-state index in [9.17, 15) is 4.79 Å². The van der Waals surface area contributed by atoms with E-state index in [1.165, 1.54) is 5.56 Å². The number of carboxylic acids is 1. The summed E-state index contributed by atoms with van der Waals surface area (Å²) in [5, 5.41) is 9.16. The quantitative estimate of drug-likeness (QED) is 0.879. The summed E-state index contributed by atoms with van der Waals surface area (Å²) < 4.78 is 1.94. The number of nitrogens with zero attached hydrogens (tertiary/aromatic N) is 1. The predicted molar refractivity (Wildman–Crippen MR) is 72.0 cm³/mol. The van der Waals surface area contributed by atoms with Crippen LogP contribution in [0.1, 0.15) is 27.2 Å². The molecule has 0 fully saturated rings. The van der Waals surface area contributed by atoms with Gasteiger partial charge in [0.2, 0.25) is 0 Å². The largest absolute Gasteiger partial charge is 0.478 e. The van der Waals surface area contributed by atoms with E-state index in [0.29, 0.717) is 5.56 Å². The summed E-state index contributed by atoms with van der Waals surface area (Å²) in [6.45, 7) is 5.91. The molecule has 1 heterocycles. The molecule has 3 nitrogen and oxygen atoms in total. The lowest BCUT2D eigenvalue weighted by atomic mass is 10.0. The number of hydrogen-bond donors (Lipinski definition) is 1. The van der Waals surface area contributed by atoms with Crippen molar-refractivity contribution in [3.05, 3.63) is 46.6 Å². The van der Waals surface area contributed by atoms with Crippen molar-refractivity contribution in [2.45, 2.75) is 20.8 Å². The van der Waals surface area contributed by atoms with Gasteiger partial charge in [-0.1, -0.05) is 17.7 Å². The van der Waals surface area contributed by atoms with Gasteiger partial charge in [-0.05, 0) is 38.5 Å². The van der Waals surface area contributed by atoms with Crippen molar-refractivity contribution in [2.75, 3.05) is 0 Å². The van der Waals surface area contributed by atoms with E-state index in [1.54, 1.807) is 6.07 Å². The number of aryl methyl sites for hydroxylation is 2. The second kappa shape index (κ2) is 4.33. The molecule has 0 aliphatic carbocycles. The van der Waals surface area contributed by atoms with E-state index in [4.69, 9.17) is 5.11 Å². The number of benzene rings is 1. The average Bonchev–Trinajstić information content (AvgIpc) is 2.60. The fourth-order valence-electron chi connectivity index (χ4n) is 2.19. The fourth-order valence-corrected chi connectivity index (χ4v) is 2.19. The van der Waals surface area contributed by atoms with Crippen LogP contribution in [0.4, 0.5) is 0 Å². The van der Waals surface area contributed by atoms with Crippen LogP contribution in [0.25, 0.3) is 11.3 Å². The zero-order valence-electron chi connectivity index (χ0n) is 11.1. The Morgan fingerprint density at radius 3 is 2.39 bits per heavy atom. The minimum atomic E-state index is -0.875. The van der Waals surface area contributed by atoms with Crippen LogP contribution in [0.5, 0.6) is 0 Å². The third kappa shape index (κ3) is 1.92. The van der Waals surface area contributed by atoms with Crippen molar-refractivity contribution in [2.24, 2.45) is 7.05 Å². The molecule has 3 heteroatoms. The molecule has 0 aliphatic rings. The zero-order chi connectivity index (χ0) is 13.4. The molecule has 0 atom stereocenters. The molecule has 2 aromatic rings. The number of rotatable bonds is 2. The lowest BCUT2D eigenvalue weighted by molar-refractivity contribution is 0.0696. The highest BCUT2D eigenvalue weighted by Crippen LogP contribution is 2.28. The van der Waals surface area contributed by atoms with Crippen molar-refractivity contribution in [1.29, 1.82) is 0 Å². The summed E-state index contributed by atoms with van der Waals surface area (Å²) in [5.41, 5.74) is 5.51. The minimum absolute atomic E-state index is 0.369. The first kappa shape index (κ1) is 12.4. The average molecular weight is 243 g/mol. The topological polar surface area (TPSA) is 42.2 Å². The Balaban J connectivity index is 2.68. The molecule has 0 aliphatic heterocycles. The summed E-state index contributed by atoms with van der Waals surface area (Å²) >= 11 is 0. The van der Waals surface area contributed by atoms with E-state index in [-0.39, 0.29) is 0 Å². The van der Waals surface area contributed by atoms with E-state index in [0.717, 1.165) is 22.5 Å². The molecule has 1 N–H and O–H groups in total. The van der Waals surface area contributed by atoms with E-state index >= 15 is 0 Å². The Bertz CT molecular complexity index is 624. The molecule has 0 saturated heterocycles. The number of carboxylic acid groups (broad SMARTS) is 1. The molecule has 0 spiro atoms. The van der Waals surface area contributed by atoms with Crippen LogP contribution in [0.2, 0.25) is 0 Å². The van der Waals surface area contributed by atoms with Gasteiger partial charge in [-0.25, -0.2) is 4.79 Å². The minimum Gasteiger partial charge on any atom is -0.478 e. The third-order valence-corrected chi connectivity index (χ3v) is 3.43. The molecular weight excluding hydrogens is 226 g/mol. The van der Waals surface area contributed by atoms with Gasteiger partial charge in [0.05, 0.1) is 5.56 Å². The summed E-state index contributed by atoms with van der Waals surface area (Å²) in [6, 6.07) is 7.97. The number of aromatic carboxylic acids is 1. The monoisotopic (exact) mass is 243 g/mol. The fraction of sp³-hybridized carbons (Fsp3) is 0.267. The van der Waals surface area contributed by atoms with E-state index in [1.807, 2.05) is 32.4 Å². The first-order valence-corrected chi connectivity index (χ1v) is 5.89. The Kier molecular flexibility index (Phi) is 2.99. The molecule has 2 rings (SSSR count). The molecule has 0 radical (unpaired) electrons. The highest BCUT2D eigenvalue weighted by Gasteiger charge is 2.16. The lowest BCUT2D eigenvalue weighted by Crippen LogP contribution is -2.00. The van der Waals surface area contributed by atoms with Crippen LogP contribution < -0.4 is 0 Å². The SMILES string of the molecule is Cc1ccc(C)c(-c2cc(C(=O)O)c(C)n2C)c1. The molecule has 18 heavy (non-hydrogen) atoms. The number of carbonyl (C=O) groups is 1. The smallest absolute Gasteiger partial charge is 0.337 e. The normalized spacial score (nSPS) is 10.7. The molecule has 94 valence electrons. The van der Waals surface area contributed by atoms with Gasteiger partial charge < -0.3 is 9.67 Å². The van der Waals surface area contributed by atoms with E-state index in [2.05, 4.69) is 18.2 Å². The summed E-state index contributed by atoms with van der Waals surface area (Å²) in [6.07, 6.45) is 0. The highest BCUT2D eigenvalue weighted by atomic mass is 16.4. The third-order valence-electron chi connectivity index (χ3n) is 3.43. The number of hydrogen-bond acceptors (Lipinski definition) is 1. The maximum Gasteiger partial charge on any atom is 0.337 e. The maximum atomic E-state index is 11.2. The van der Waals surface area contributed by atoms with Gasteiger partial charge in [-0.2, -0.15) is 0 Å². The van der Waals surface area contributed by atoms with Gasteiger partial charge >= 0.3 is 5.97 Å². The highest BCUT2D eigenvalue weighted by molar-refractivity contribution is 5.91. The summed E-state index contributed by atoms with van der Waals surface area (Å²) in [4.78, 5) is 11.2. The van der Waals surface area contributed by atoms with Crippen LogP contribution in [0.15, 0.2) is 24.3 Å². The van der Waals surface area contributed by atoms with Crippen LogP contribution in [-0.2, 0) is 7.05 Å². The van der Waals surface area contributed by atoms with Crippen LogP contribution >= 0.6 is 0 Å². The number of aromatic nitrogens is 1. The molecule has 0 unspecified atom stereocenters. The van der Waals surface area contributed by atoms with Crippen LogP contribution in [0, 0.1) is 20.8 Å². The summed E-state index contributed by atoms with van der Waals surface area (Å²) in [7, 11) is 1.90. The molecule has 0 bridgehead atoms. The molecule has 0 saturated carbocycles. The van der Waals surface area contributed by atoms with Gasteiger partial charge in [0.15, 0.2) is 0 Å². The molecule has 1 aromatic heterocycles. The Hall–Kier alpha value is -2.03. The van der Waals surface area contributed by atoms with Crippen molar-refractivity contribution in [3.63, 3.8) is 0 Å². The second-order valence-electron chi connectivity index (χ2n) is 4.71.